The van der Waals surface area contributed by atoms with Crippen LogP contribution >= 0.6 is 15.9 Å². The van der Waals surface area contributed by atoms with Crippen molar-refractivity contribution >= 4 is 15.9 Å². The Morgan fingerprint density at radius 3 is 2.10 bits per heavy atom. The zero-order valence-electron chi connectivity index (χ0n) is 10.3. The molecule has 2 rings (SSSR count). The molecule has 112 valence electrons. The van der Waals surface area contributed by atoms with Gasteiger partial charge in [0, 0.05) is 23.5 Å². The van der Waals surface area contributed by atoms with Crippen LogP contribution in [-0.4, -0.2) is 0 Å². The SMILES string of the molecule is Fc1cc(F)cc(Oc2ccc(CBr)cc2C(F)(F)F)c1. The molecule has 1 nitrogen and oxygen atoms in total. The summed E-state index contributed by atoms with van der Waals surface area (Å²) in [4.78, 5) is 0. The first-order valence-corrected chi connectivity index (χ1v) is 6.82. The fraction of sp³-hybridized carbons (Fsp3) is 0.143. The first kappa shape index (κ1) is 15.8. The normalized spacial score (nSPS) is 11.5. The highest BCUT2D eigenvalue weighted by atomic mass is 79.9. The van der Waals surface area contributed by atoms with Crippen LogP contribution in [0, 0.1) is 11.6 Å². The summed E-state index contributed by atoms with van der Waals surface area (Å²) in [5.74, 6) is -2.73. The molecule has 0 spiro atoms. The van der Waals surface area contributed by atoms with Crippen LogP contribution in [-0.2, 0) is 11.5 Å². The Balaban J connectivity index is 2.43. The van der Waals surface area contributed by atoms with E-state index in [-0.39, 0.29) is 11.1 Å². The molecule has 0 heterocycles. The molecule has 0 bridgehead atoms. The minimum absolute atomic E-state index is 0.241. The van der Waals surface area contributed by atoms with Crippen LogP contribution < -0.4 is 4.74 Å². The largest absolute Gasteiger partial charge is 0.457 e. The van der Waals surface area contributed by atoms with Crippen LogP contribution in [0.5, 0.6) is 11.5 Å². The number of ether oxygens (including phenoxy) is 1. The maximum Gasteiger partial charge on any atom is 0.419 e. The van der Waals surface area contributed by atoms with Gasteiger partial charge in [0.25, 0.3) is 0 Å². The van der Waals surface area contributed by atoms with E-state index in [4.69, 9.17) is 4.74 Å². The lowest BCUT2D eigenvalue weighted by Crippen LogP contribution is -2.08. The average Bonchev–Trinajstić information content (AvgIpc) is 2.36. The molecule has 0 aliphatic heterocycles. The molecule has 0 saturated heterocycles. The molecule has 0 radical (unpaired) electrons. The summed E-state index contributed by atoms with van der Waals surface area (Å²) in [6.07, 6.45) is -4.64. The monoisotopic (exact) mass is 366 g/mol. The number of hydrogen-bond acceptors (Lipinski definition) is 1. The van der Waals surface area contributed by atoms with E-state index in [1.54, 1.807) is 0 Å². The van der Waals surface area contributed by atoms with Crippen LogP contribution in [0.4, 0.5) is 22.0 Å². The molecule has 2 aromatic carbocycles. The molecule has 7 heteroatoms. The van der Waals surface area contributed by atoms with E-state index in [1.165, 1.54) is 6.07 Å². The zero-order chi connectivity index (χ0) is 15.6. The Morgan fingerprint density at radius 2 is 1.57 bits per heavy atom. The number of alkyl halides is 4. The van der Waals surface area contributed by atoms with Gasteiger partial charge in [0.15, 0.2) is 0 Å². The van der Waals surface area contributed by atoms with Crippen molar-refractivity contribution in [2.45, 2.75) is 11.5 Å². The topological polar surface area (TPSA) is 9.23 Å². The van der Waals surface area contributed by atoms with E-state index in [0.717, 1.165) is 24.3 Å². The third-order valence-electron chi connectivity index (χ3n) is 2.57. The van der Waals surface area contributed by atoms with Crippen molar-refractivity contribution < 1.29 is 26.7 Å². The Morgan fingerprint density at radius 1 is 0.952 bits per heavy atom. The van der Waals surface area contributed by atoms with Crippen LogP contribution in [0.25, 0.3) is 0 Å². The van der Waals surface area contributed by atoms with Crippen LogP contribution in [0.1, 0.15) is 11.1 Å². The van der Waals surface area contributed by atoms with Crippen molar-refractivity contribution in [2.24, 2.45) is 0 Å². The molecule has 0 N–H and O–H groups in total. The summed E-state index contributed by atoms with van der Waals surface area (Å²) < 4.78 is 70.0. The molecular formula is C14H8BrF5O. The summed E-state index contributed by atoms with van der Waals surface area (Å²) in [6, 6.07) is 5.67. The molecule has 0 fully saturated rings. The van der Waals surface area contributed by atoms with Gasteiger partial charge < -0.3 is 4.74 Å². The van der Waals surface area contributed by atoms with Gasteiger partial charge in [-0.3, -0.25) is 0 Å². The van der Waals surface area contributed by atoms with Gasteiger partial charge in [-0.25, -0.2) is 8.78 Å². The van der Waals surface area contributed by atoms with Crippen molar-refractivity contribution in [1.29, 1.82) is 0 Å². The van der Waals surface area contributed by atoms with Crippen LogP contribution in [0.15, 0.2) is 36.4 Å². The van der Waals surface area contributed by atoms with E-state index < -0.39 is 29.1 Å². The van der Waals surface area contributed by atoms with Crippen molar-refractivity contribution in [3.63, 3.8) is 0 Å². The van der Waals surface area contributed by atoms with Gasteiger partial charge in [0.05, 0.1) is 5.56 Å². The highest BCUT2D eigenvalue weighted by molar-refractivity contribution is 9.08. The molecule has 0 unspecified atom stereocenters. The maximum atomic E-state index is 13.0. The lowest BCUT2D eigenvalue weighted by atomic mass is 10.1. The molecule has 21 heavy (non-hydrogen) atoms. The fourth-order valence-electron chi connectivity index (χ4n) is 1.69. The number of rotatable bonds is 3. The highest BCUT2D eigenvalue weighted by Gasteiger charge is 2.34. The smallest absolute Gasteiger partial charge is 0.419 e. The van der Waals surface area contributed by atoms with Crippen LogP contribution in [0.2, 0.25) is 0 Å². The molecule has 0 amide bonds. The molecule has 2 aromatic rings. The van der Waals surface area contributed by atoms with E-state index >= 15 is 0 Å². The second kappa shape index (κ2) is 6.01. The second-order valence-electron chi connectivity index (χ2n) is 4.17. The Bertz CT molecular complexity index is 634. The number of hydrogen-bond donors (Lipinski definition) is 0. The average molecular weight is 367 g/mol. The van der Waals surface area contributed by atoms with Gasteiger partial charge in [-0.1, -0.05) is 22.0 Å². The van der Waals surface area contributed by atoms with Crippen molar-refractivity contribution in [3.8, 4) is 11.5 Å². The molecule has 0 saturated carbocycles. The molecular weight excluding hydrogens is 359 g/mol. The molecule has 0 aliphatic rings. The van der Waals surface area contributed by atoms with E-state index in [2.05, 4.69) is 15.9 Å². The summed E-state index contributed by atoms with van der Waals surface area (Å²) in [5, 5.41) is 0.241. The van der Waals surface area contributed by atoms with Gasteiger partial charge in [-0.2, -0.15) is 13.2 Å². The third-order valence-corrected chi connectivity index (χ3v) is 3.22. The molecule has 0 atom stereocenters. The summed E-state index contributed by atoms with van der Waals surface area (Å²) in [6.45, 7) is 0. The van der Waals surface area contributed by atoms with Gasteiger partial charge in [-0.15, -0.1) is 0 Å². The Labute approximate surface area is 125 Å². The lowest BCUT2D eigenvalue weighted by Gasteiger charge is -2.15. The van der Waals surface area contributed by atoms with Crippen LogP contribution in [0.3, 0.4) is 0 Å². The summed E-state index contributed by atoms with van der Waals surface area (Å²) in [7, 11) is 0. The van der Waals surface area contributed by atoms with Crippen molar-refractivity contribution in [1.82, 2.24) is 0 Å². The maximum absolute atomic E-state index is 13.0. The molecule has 0 aromatic heterocycles. The summed E-state index contributed by atoms with van der Waals surface area (Å²) in [5.41, 5.74) is -0.607. The van der Waals surface area contributed by atoms with E-state index in [1.807, 2.05) is 0 Å². The predicted octanol–water partition coefficient (Wildman–Crippen LogP) is 5.67. The van der Waals surface area contributed by atoms with Crippen molar-refractivity contribution in [2.75, 3.05) is 0 Å². The van der Waals surface area contributed by atoms with E-state index in [0.29, 0.717) is 11.6 Å². The zero-order valence-corrected chi connectivity index (χ0v) is 11.9. The Hall–Kier alpha value is -1.63. The predicted molar refractivity (Wildman–Crippen MR) is 70.5 cm³/mol. The second-order valence-corrected chi connectivity index (χ2v) is 4.73. The first-order valence-electron chi connectivity index (χ1n) is 5.69. The lowest BCUT2D eigenvalue weighted by molar-refractivity contribution is -0.138. The number of halogens is 6. The first-order chi connectivity index (χ1) is 9.79. The van der Waals surface area contributed by atoms with Gasteiger partial charge >= 0.3 is 6.18 Å². The molecule has 0 aliphatic carbocycles. The minimum Gasteiger partial charge on any atom is -0.457 e. The fourth-order valence-corrected chi connectivity index (χ4v) is 2.03. The number of benzene rings is 2. The third kappa shape index (κ3) is 3.93. The highest BCUT2D eigenvalue weighted by Crippen LogP contribution is 2.39. The minimum atomic E-state index is -4.64. The van der Waals surface area contributed by atoms with Gasteiger partial charge in [0.1, 0.15) is 23.1 Å². The van der Waals surface area contributed by atoms with Gasteiger partial charge in [0.2, 0.25) is 0 Å². The standard InChI is InChI=1S/C14H8BrF5O/c15-7-8-1-2-13(12(3-8)14(18,19)20)21-11-5-9(16)4-10(17)6-11/h1-6H,7H2. The quantitative estimate of drug-likeness (QED) is 0.502. The van der Waals surface area contributed by atoms with Crippen molar-refractivity contribution in [3.05, 3.63) is 59.2 Å². The summed E-state index contributed by atoms with van der Waals surface area (Å²) >= 11 is 3.06. The Kier molecular flexibility index (Phi) is 4.51. The van der Waals surface area contributed by atoms with E-state index in [9.17, 15) is 22.0 Å². The van der Waals surface area contributed by atoms with Gasteiger partial charge in [-0.05, 0) is 17.7 Å².